The van der Waals surface area contributed by atoms with Gasteiger partial charge in [0.25, 0.3) is 0 Å². The minimum atomic E-state index is 0.281. The molecule has 0 radical (unpaired) electrons. The van der Waals surface area contributed by atoms with Crippen molar-refractivity contribution in [2.24, 2.45) is 0 Å². The lowest BCUT2D eigenvalue weighted by Gasteiger charge is -2.43. The van der Waals surface area contributed by atoms with E-state index in [1.54, 1.807) is 11.8 Å². The summed E-state index contributed by atoms with van der Waals surface area (Å²) in [6.45, 7) is 7.95. The number of benzene rings is 1. The van der Waals surface area contributed by atoms with Gasteiger partial charge in [-0.2, -0.15) is 0 Å². The van der Waals surface area contributed by atoms with Crippen LogP contribution in [0.2, 0.25) is 0 Å². The molecule has 1 aliphatic heterocycles. The molecule has 1 saturated carbocycles. The van der Waals surface area contributed by atoms with Gasteiger partial charge in [0.2, 0.25) is 5.91 Å². The summed E-state index contributed by atoms with van der Waals surface area (Å²) in [6.07, 6.45) is 4.97. The van der Waals surface area contributed by atoms with Gasteiger partial charge in [0.05, 0.1) is 24.5 Å². The second-order valence-corrected chi connectivity index (χ2v) is 8.20. The lowest BCUT2D eigenvalue weighted by atomic mass is 9.90. The number of morpholine rings is 1. The number of hydrogen-bond donors (Lipinski definition) is 0. The SMILES string of the molecule is Cc1cc(C)c(CSCC(=O)N2CCOC3CCCCC32)c(C)c1. The van der Waals surface area contributed by atoms with Gasteiger partial charge in [-0.3, -0.25) is 4.79 Å². The second-order valence-electron chi connectivity index (χ2n) is 7.22. The summed E-state index contributed by atoms with van der Waals surface area (Å²) in [7, 11) is 0. The van der Waals surface area contributed by atoms with Crippen LogP contribution in [0.15, 0.2) is 12.1 Å². The third kappa shape index (κ3) is 3.97. The van der Waals surface area contributed by atoms with Crippen molar-refractivity contribution in [1.29, 1.82) is 0 Å². The van der Waals surface area contributed by atoms with Gasteiger partial charge in [0, 0.05) is 12.3 Å². The van der Waals surface area contributed by atoms with Crippen molar-refractivity contribution in [3.8, 4) is 0 Å². The molecule has 24 heavy (non-hydrogen) atoms. The number of ether oxygens (including phenoxy) is 1. The first-order valence-electron chi connectivity index (χ1n) is 9.12. The average molecular weight is 348 g/mol. The fourth-order valence-electron chi connectivity index (χ4n) is 4.17. The number of fused-ring (bicyclic) bond motifs is 1. The lowest BCUT2D eigenvalue weighted by Crippen LogP contribution is -2.55. The van der Waals surface area contributed by atoms with Crippen LogP contribution in [0.1, 0.15) is 47.9 Å². The number of carbonyl (C=O) groups excluding carboxylic acids is 1. The van der Waals surface area contributed by atoms with Crippen LogP contribution in [0.5, 0.6) is 0 Å². The molecule has 1 aliphatic carbocycles. The highest BCUT2D eigenvalue weighted by Crippen LogP contribution is 2.29. The third-order valence-corrected chi connectivity index (χ3v) is 6.31. The topological polar surface area (TPSA) is 29.5 Å². The first-order valence-corrected chi connectivity index (χ1v) is 10.3. The standard InChI is InChI=1S/C20H29NO2S/c1-14-10-15(2)17(16(3)11-14)12-24-13-20(22)21-8-9-23-19-7-5-4-6-18(19)21/h10-11,18-19H,4-9,12-13H2,1-3H3. The highest BCUT2D eigenvalue weighted by molar-refractivity contribution is 7.99. The maximum absolute atomic E-state index is 12.7. The monoisotopic (exact) mass is 347 g/mol. The average Bonchev–Trinajstić information content (AvgIpc) is 2.56. The number of hydrogen-bond acceptors (Lipinski definition) is 3. The molecule has 0 N–H and O–H groups in total. The predicted molar refractivity (Wildman–Crippen MR) is 101 cm³/mol. The highest BCUT2D eigenvalue weighted by atomic mass is 32.2. The van der Waals surface area contributed by atoms with Crippen molar-refractivity contribution in [2.45, 2.75) is 64.4 Å². The maximum atomic E-state index is 12.7. The molecule has 1 amide bonds. The maximum Gasteiger partial charge on any atom is 0.232 e. The molecule has 0 spiro atoms. The van der Waals surface area contributed by atoms with Gasteiger partial charge in [0.15, 0.2) is 0 Å². The molecule has 0 bridgehead atoms. The molecule has 1 heterocycles. The van der Waals surface area contributed by atoms with E-state index < -0.39 is 0 Å². The largest absolute Gasteiger partial charge is 0.374 e. The van der Waals surface area contributed by atoms with Gasteiger partial charge < -0.3 is 9.64 Å². The Kier molecular flexibility index (Phi) is 5.88. The van der Waals surface area contributed by atoms with Crippen LogP contribution in [-0.4, -0.2) is 41.9 Å². The molecule has 3 nitrogen and oxygen atoms in total. The van der Waals surface area contributed by atoms with Crippen molar-refractivity contribution in [3.63, 3.8) is 0 Å². The summed E-state index contributed by atoms with van der Waals surface area (Å²) in [5.41, 5.74) is 5.37. The summed E-state index contributed by atoms with van der Waals surface area (Å²) in [5.74, 6) is 1.79. The smallest absolute Gasteiger partial charge is 0.232 e. The van der Waals surface area contributed by atoms with Gasteiger partial charge in [-0.15, -0.1) is 11.8 Å². The summed E-state index contributed by atoms with van der Waals surface area (Å²) >= 11 is 1.75. The minimum absolute atomic E-state index is 0.281. The van der Waals surface area contributed by atoms with E-state index in [-0.39, 0.29) is 6.10 Å². The summed E-state index contributed by atoms with van der Waals surface area (Å²) < 4.78 is 5.88. The molecule has 1 saturated heterocycles. The quantitative estimate of drug-likeness (QED) is 0.824. The van der Waals surface area contributed by atoms with Crippen LogP contribution in [-0.2, 0) is 15.3 Å². The number of carbonyl (C=O) groups is 1. The van der Waals surface area contributed by atoms with Crippen molar-refractivity contribution in [1.82, 2.24) is 4.90 Å². The second kappa shape index (κ2) is 7.92. The van der Waals surface area contributed by atoms with Gasteiger partial charge in [0.1, 0.15) is 0 Å². The molecule has 132 valence electrons. The van der Waals surface area contributed by atoms with Crippen LogP contribution in [0.3, 0.4) is 0 Å². The lowest BCUT2D eigenvalue weighted by molar-refractivity contribution is -0.146. The third-order valence-electron chi connectivity index (χ3n) is 5.36. The molecule has 4 heteroatoms. The highest BCUT2D eigenvalue weighted by Gasteiger charge is 2.36. The fraction of sp³-hybridized carbons (Fsp3) is 0.650. The normalized spacial score (nSPS) is 23.9. The van der Waals surface area contributed by atoms with Crippen LogP contribution in [0.4, 0.5) is 0 Å². The van der Waals surface area contributed by atoms with E-state index in [1.807, 2.05) is 0 Å². The van der Waals surface area contributed by atoms with E-state index in [2.05, 4.69) is 37.8 Å². The van der Waals surface area contributed by atoms with E-state index in [4.69, 9.17) is 4.74 Å². The van der Waals surface area contributed by atoms with E-state index >= 15 is 0 Å². The zero-order valence-electron chi connectivity index (χ0n) is 15.1. The Morgan fingerprint density at radius 3 is 2.67 bits per heavy atom. The van der Waals surface area contributed by atoms with Crippen LogP contribution >= 0.6 is 11.8 Å². The molecule has 2 aliphatic rings. The number of amides is 1. The molecule has 0 aromatic heterocycles. The fourth-order valence-corrected chi connectivity index (χ4v) is 5.27. The summed E-state index contributed by atoms with van der Waals surface area (Å²) in [4.78, 5) is 14.8. The first-order chi connectivity index (χ1) is 11.6. The van der Waals surface area contributed by atoms with Crippen LogP contribution in [0, 0.1) is 20.8 Å². The zero-order chi connectivity index (χ0) is 17.1. The number of rotatable bonds is 4. The van der Waals surface area contributed by atoms with E-state index in [0.29, 0.717) is 24.3 Å². The molecular weight excluding hydrogens is 318 g/mol. The molecule has 2 fully saturated rings. The van der Waals surface area contributed by atoms with Gasteiger partial charge in [-0.1, -0.05) is 30.5 Å². The molecule has 1 aromatic carbocycles. The Labute approximate surface area is 150 Å². The Balaban J connectivity index is 1.56. The van der Waals surface area contributed by atoms with Crippen molar-refractivity contribution < 1.29 is 9.53 Å². The number of aryl methyl sites for hydroxylation is 3. The first kappa shape index (κ1) is 17.8. The van der Waals surface area contributed by atoms with E-state index in [1.165, 1.54) is 35.1 Å². The number of nitrogens with zero attached hydrogens (tertiary/aromatic N) is 1. The Morgan fingerprint density at radius 2 is 1.92 bits per heavy atom. The minimum Gasteiger partial charge on any atom is -0.374 e. The Morgan fingerprint density at radius 1 is 1.21 bits per heavy atom. The number of thioether (sulfide) groups is 1. The van der Waals surface area contributed by atoms with Crippen LogP contribution < -0.4 is 0 Å². The van der Waals surface area contributed by atoms with Crippen molar-refractivity contribution in [2.75, 3.05) is 18.9 Å². The van der Waals surface area contributed by atoms with Gasteiger partial charge >= 0.3 is 0 Å². The van der Waals surface area contributed by atoms with E-state index in [9.17, 15) is 4.79 Å². The van der Waals surface area contributed by atoms with Crippen LogP contribution in [0.25, 0.3) is 0 Å². The van der Waals surface area contributed by atoms with Crippen molar-refractivity contribution >= 4 is 17.7 Å². The molecule has 1 aromatic rings. The summed E-state index contributed by atoms with van der Waals surface area (Å²) in [6, 6.07) is 4.79. The van der Waals surface area contributed by atoms with Crippen molar-refractivity contribution in [3.05, 3.63) is 34.4 Å². The Bertz CT molecular complexity index is 576. The molecule has 3 rings (SSSR count). The van der Waals surface area contributed by atoms with E-state index in [0.717, 1.165) is 25.1 Å². The molecule has 2 unspecified atom stereocenters. The Hall–Kier alpha value is -1.00. The predicted octanol–water partition coefficient (Wildman–Crippen LogP) is 4.02. The van der Waals surface area contributed by atoms with Gasteiger partial charge in [-0.25, -0.2) is 0 Å². The van der Waals surface area contributed by atoms with Gasteiger partial charge in [-0.05, 0) is 50.3 Å². The molecule has 2 atom stereocenters. The zero-order valence-corrected chi connectivity index (χ0v) is 16.0. The molecular formula is C20H29NO2S. The summed E-state index contributed by atoms with van der Waals surface area (Å²) in [5, 5.41) is 0.